The number of halogens is 1. The summed E-state index contributed by atoms with van der Waals surface area (Å²) < 4.78 is 13.5. The maximum Gasteiger partial charge on any atom is 0.317 e. The highest BCUT2D eigenvalue weighted by atomic mass is 19.1. The van der Waals surface area contributed by atoms with Crippen molar-refractivity contribution < 1.29 is 14.3 Å². The van der Waals surface area contributed by atoms with Crippen LogP contribution in [0, 0.1) is 11.2 Å². The SMILES string of the molecule is CC(O)CCN(C)C(=O)NC(c1cccc(F)c1)C(C)(C)C. The molecule has 1 rings (SSSR count). The fourth-order valence-corrected chi connectivity index (χ4v) is 2.20. The molecule has 0 aliphatic carbocycles. The number of rotatable bonds is 5. The molecule has 0 saturated carbocycles. The molecule has 0 saturated heterocycles. The monoisotopic (exact) mass is 310 g/mol. The van der Waals surface area contributed by atoms with Crippen LogP contribution in [0.15, 0.2) is 24.3 Å². The Balaban J connectivity index is 2.85. The van der Waals surface area contributed by atoms with Gasteiger partial charge >= 0.3 is 6.03 Å². The lowest BCUT2D eigenvalue weighted by Crippen LogP contribution is -2.44. The molecule has 0 heterocycles. The van der Waals surface area contributed by atoms with E-state index in [1.807, 2.05) is 26.8 Å². The van der Waals surface area contributed by atoms with Crippen LogP contribution in [-0.4, -0.2) is 35.7 Å². The van der Waals surface area contributed by atoms with Gasteiger partial charge in [-0.15, -0.1) is 0 Å². The van der Waals surface area contributed by atoms with Gasteiger partial charge in [0.15, 0.2) is 0 Å². The van der Waals surface area contributed by atoms with Crippen LogP contribution in [0.3, 0.4) is 0 Å². The highest BCUT2D eigenvalue weighted by Crippen LogP contribution is 2.33. The third kappa shape index (κ3) is 5.64. The van der Waals surface area contributed by atoms with Gasteiger partial charge in [-0.1, -0.05) is 32.9 Å². The van der Waals surface area contributed by atoms with Crippen molar-refractivity contribution in [2.24, 2.45) is 5.41 Å². The second-order valence-corrected chi connectivity index (χ2v) is 6.86. The summed E-state index contributed by atoms with van der Waals surface area (Å²) in [6, 6.07) is 5.77. The van der Waals surface area contributed by atoms with Gasteiger partial charge < -0.3 is 15.3 Å². The van der Waals surface area contributed by atoms with Gasteiger partial charge in [0.05, 0.1) is 12.1 Å². The molecule has 1 aromatic rings. The Bertz CT molecular complexity index is 498. The lowest BCUT2D eigenvalue weighted by atomic mass is 9.82. The number of carbonyl (C=O) groups excluding carboxylic acids is 1. The lowest BCUT2D eigenvalue weighted by molar-refractivity contribution is 0.158. The van der Waals surface area contributed by atoms with Gasteiger partial charge in [0, 0.05) is 13.6 Å². The van der Waals surface area contributed by atoms with Crippen molar-refractivity contribution in [3.63, 3.8) is 0 Å². The molecule has 0 bridgehead atoms. The molecule has 124 valence electrons. The first-order valence-electron chi connectivity index (χ1n) is 7.56. The van der Waals surface area contributed by atoms with Crippen LogP contribution < -0.4 is 5.32 Å². The number of benzene rings is 1. The molecule has 5 heteroatoms. The molecule has 0 aliphatic rings. The molecule has 22 heavy (non-hydrogen) atoms. The average molecular weight is 310 g/mol. The maximum atomic E-state index is 13.5. The van der Waals surface area contributed by atoms with Crippen LogP contribution in [0.4, 0.5) is 9.18 Å². The maximum absolute atomic E-state index is 13.5. The fourth-order valence-electron chi connectivity index (χ4n) is 2.20. The molecule has 0 aromatic heterocycles. The Morgan fingerprint density at radius 2 is 2.05 bits per heavy atom. The van der Waals surface area contributed by atoms with E-state index in [-0.39, 0.29) is 23.3 Å². The minimum atomic E-state index is -0.447. The van der Waals surface area contributed by atoms with Crippen LogP contribution >= 0.6 is 0 Å². The van der Waals surface area contributed by atoms with Crippen LogP contribution in [0.2, 0.25) is 0 Å². The summed E-state index contributed by atoms with van der Waals surface area (Å²) in [5.74, 6) is -0.316. The molecule has 2 N–H and O–H groups in total. The van der Waals surface area contributed by atoms with Crippen molar-refractivity contribution in [1.29, 1.82) is 0 Å². The first-order chi connectivity index (χ1) is 10.1. The van der Waals surface area contributed by atoms with Crippen molar-refractivity contribution in [3.8, 4) is 0 Å². The van der Waals surface area contributed by atoms with Crippen molar-refractivity contribution >= 4 is 6.03 Å². The van der Waals surface area contributed by atoms with Crippen molar-refractivity contribution in [1.82, 2.24) is 10.2 Å². The number of carbonyl (C=O) groups is 1. The zero-order valence-corrected chi connectivity index (χ0v) is 14.1. The van der Waals surface area contributed by atoms with Crippen LogP contribution in [0.25, 0.3) is 0 Å². The quantitative estimate of drug-likeness (QED) is 0.876. The standard InChI is InChI=1S/C17H27FN2O2/c1-12(21)9-10-20(5)16(22)19-15(17(2,3)4)13-7-6-8-14(18)11-13/h6-8,11-12,15,21H,9-10H2,1-5H3,(H,19,22). The predicted octanol–water partition coefficient (Wildman–Crippen LogP) is 3.33. The zero-order valence-electron chi connectivity index (χ0n) is 14.1. The second kappa shape index (κ2) is 7.58. The second-order valence-electron chi connectivity index (χ2n) is 6.86. The van der Waals surface area contributed by atoms with E-state index in [1.165, 1.54) is 17.0 Å². The van der Waals surface area contributed by atoms with Gasteiger partial charge in [-0.05, 0) is 36.5 Å². The minimum absolute atomic E-state index is 0.232. The molecule has 0 spiro atoms. The average Bonchev–Trinajstić information content (AvgIpc) is 2.40. The summed E-state index contributed by atoms with van der Waals surface area (Å²) in [6.45, 7) is 8.15. The molecule has 2 atom stereocenters. The Morgan fingerprint density at radius 3 is 2.55 bits per heavy atom. The Hall–Kier alpha value is -1.62. The summed E-state index contributed by atoms with van der Waals surface area (Å²) in [5, 5.41) is 12.3. The smallest absolute Gasteiger partial charge is 0.317 e. The molecule has 0 fully saturated rings. The van der Waals surface area contributed by atoms with E-state index in [9.17, 15) is 14.3 Å². The number of amides is 2. The third-order valence-electron chi connectivity index (χ3n) is 3.54. The number of nitrogens with one attached hydrogen (secondary N) is 1. The van der Waals surface area contributed by atoms with Gasteiger partial charge in [0.2, 0.25) is 0 Å². The Labute approximate surface area is 132 Å². The van der Waals surface area contributed by atoms with Gasteiger partial charge in [0.1, 0.15) is 5.82 Å². The number of aliphatic hydroxyl groups is 1. The predicted molar refractivity (Wildman–Crippen MR) is 86.1 cm³/mol. The topological polar surface area (TPSA) is 52.6 Å². The van der Waals surface area contributed by atoms with E-state index in [0.29, 0.717) is 13.0 Å². The molecule has 4 nitrogen and oxygen atoms in total. The number of urea groups is 1. The summed E-state index contributed by atoms with van der Waals surface area (Å²) in [4.78, 5) is 13.8. The number of hydrogen-bond donors (Lipinski definition) is 2. The van der Waals surface area contributed by atoms with E-state index >= 15 is 0 Å². The van der Waals surface area contributed by atoms with E-state index in [4.69, 9.17) is 0 Å². The van der Waals surface area contributed by atoms with E-state index in [0.717, 1.165) is 5.56 Å². The molecule has 2 unspecified atom stereocenters. The molecule has 0 radical (unpaired) electrons. The number of nitrogens with zero attached hydrogens (tertiary/aromatic N) is 1. The molecule has 0 aliphatic heterocycles. The number of hydrogen-bond acceptors (Lipinski definition) is 2. The normalized spacial score (nSPS) is 14.3. The molecular weight excluding hydrogens is 283 g/mol. The summed E-state index contributed by atoms with van der Waals surface area (Å²) in [6.07, 6.45) is 0.0706. The van der Waals surface area contributed by atoms with E-state index in [2.05, 4.69) is 5.32 Å². The molecule has 2 amide bonds. The first-order valence-corrected chi connectivity index (χ1v) is 7.56. The van der Waals surface area contributed by atoms with Gasteiger partial charge in [-0.2, -0.15) is 0 Å². The van der Waals surface area contributed by atoms with E-state index in [1.54, 1.807) is 20.0 Å². The number of aliphatic hydroxyl groups excluding tert-OH is 1. The minimum Gasteiger partial charge on any atom is -0.393 e. The van der Waals surface area contributed by atoms with E-state index < -0.39 is 6.10 Å². The third-order valence-corrected chi connectivity index (χ3v) is 3.54. The van der Waals surface area contributed by atoms with Crippen molar-refractivity contribution in [2.75, 3.05) is 13.6 Å². The largest absolute Gasteiger partial charge is 0.393 e. The first kappa shape index (κ1) is 18.4. The highest BCUT2D eigenvalue weighted by molar-refractivity contribution is 5.74. The van der Waals surface area contributed by atoms with Gasteiger partial charge in [-0.3, -0.25) is 0 Å². The zero-order chi connectivity index (χ0) is 16.9. The summed E-state index contributed by atoms with van der Waals surface area (Å²) in [7, 11) is 1.68. The highest BCUT2D eigenvalue weighted by Gasteiger charge is 2.29. The van der Waals surface area contributed by atoms with Crippen LogP contribution in [0.5, 0.6) is 0 Å². The van der Waals surface area contributed by atoms with Gasteiger partial charge in [-0.25, -0.2) is 9.18 Å². The van der Waals surface area contributed by atoms with Crippen molar-refractivity contribution in [3.05, 3.63) is 35.6 Å². The van der Waals surface area contributed by atoms with Crippen LogP contribution in [-0.2, 0) is 0 Å². The fraction of sp³-hybridized carbons (Fsp3) is 0.588. The Kier molecular flexibility index (Phi) is 6.35. The van der Waals surface area contributed by atoms with Crippen molar-refractivity contribution in [2.45, 2.75) is 46.3 Å². The molecule has 1 aromatic carbocycles. The summed E-state index contributed by atoms with van der Waals surface area (Å²) >= 11 is 0. The van der Waals surface area contributed by atoms with Gasteiger partial charge in [0.25, 0.3) is 0 Å². The lowest BCUT2D eigenvalue weighted by Gasteiger charge is -2.33. The molecular formula is C17H27FN2O2. The summed E-state index contributed by atoms with van der Waals surface area (Å²) in [5.41, 5.74) is 0.485. The Morgan fingerprint density at radius 1 is 1.41 bits per heavy atom. The van der Waals surface area contributed by atoms with Crippen LogP contribution in [0.1, 0.15) is 45.7 Å².